The lowest BCUT2D eigenvalue weighted by Gasteiger charge is -2.31. The highest BCUT2D eigenvalue weighted by atomic mass is 127. The Kier molecular flexibility index (Phi) is 9.69. The smallest absolute Gasteiger partial charge is 0.191 e. The molecule has 0 radical (unpaired) electrons. The molecule has 0 amide bonds. The lowest BCUT2D eigenvalue weighted by atomic mass is 10.1. The molecule has 1 aliphatic heterocycles. The second-order valence-electron chi connectivity index (χ2n) is 5.53. The van der Waals surface area contributed by atoms with Crippen LogP contribution >= 0.6 is 24.0 Å². The van der Waals surface area contributed by atoms with Crippen LogP contribution in [0.2, 0.25) is 0 Å². The maximum atomic E-state index is 5.70. The fraction of sp³-hybridized carbons (Fsp3) is 0.923. The van der Waals surface area contributed by atoms with Crippen molar-refractivity contribution in [1.82, 2.24) is 15.5 Å². The van der Waals surface area contributed by atoms with Gasteiger partial charge in [-0.2, -0.15) is 0 Å². The van der Waals surface area contributed by atoms with E-state index in [1.165, 1.54) is 0 Å². The van der Waals surface area contributed by atoms with Crippen molar-refractivity contribution in [3.05, 3.63) is 0 Å². The van der Waals surface area contributed by atoms with Gasteiger partial charge in [0.25, 0.3) is 0 Å². The molecule has 20 heavy (non-hydrogen) atoms. The molecule has 1 atom stereocenters. The molecule has 0 saturated carbocycles. The summed E-state index contributed by atoms with van der Waals surface area (Å²) in [5.41, 5.74) is -0.209. The van der Waals surface area contributed by atoms with Gasteiger partial charge in [0.1, 0.15) is 0 Å². The van der Waals surface area contributed by atoms with Crippen LogP contribution in [0, 0.1) is 0 Å². The monoisotopic (exact) mass is 400 g/mol. The van der Waals surface area contributed by atoms with Gasteiger partial charge in [0.2, 0.25) is 0 Å². The Morgan fingerprint density at radius 1 is 1.45 bits per heavy atom. The molecule has 1 saturated heterocycles. The van der Waals surface area contributed by atoms with Crippen LogP contribution in [-0.4, -0.2) is 76.6 Å². The Morgan fingerprint density at radius 2 is 2.15 bits per heavy atom. The predicted molar refractivity (Wildman–Crippen MR) is 93.1 cm³/mol. The number of ether oxygens (including phenoxy) is 2. The van der Waals surface area contributed by atoms with E-state index < -0.39 is 0 Å². The van der Waals surface area contributed by atoms with Crippen LogP contribution in [0.4, 0.5) is 0 Å². The van der Waals surface area contributed by atoms with E-state index in [9.17, 15) is 0 Å². The summed E-state index contributed by atoms with van der Waals surface area (Å²) in [6.45, 7) is 8.29. The van der Waals surface area contributed by atoms with Gasteiger partial charge in [-0.3, -0.25) is 4.99 Å². The lowest BCUT2D eigenvalue weighted by molar-refractivity contribution is -0.0161. The average Bonchev–Trinajstić information content (AvgIpc) is 2.39. The fourth-order valence-electron chi connectivity index (χ4n) is 1.79. The van der Waals surface area contributed by atoms with Gasteiger partial charge in [-0.25, -0.2) is 0 Å². The van der Waals surface area contributed by atoms with Gasteiger partial charge in [-0.05, 0) is 20.9 Å². The second-order valence-corrected chi connectivity index (χ2v) is 5.53. The molecule has 0 bridgehead atoms. The highest BCUT2D eigenvalue weighted by Gasteiger charge is 2.19. The number of likely N-dealkylation sites (N-methyl/N-ethyl adjacent to an activating group) is 1. The Morgan fingerprint density at radius 3 is 2.70 bits per heavy atom. The van der Waals surface area contributed by atoms with Crippen molar-refractivity contribution in [2.45, 2.75) is 25.6 Å². The predicted octanol–water partition coefficient (Wildman–Crippen LogP) is 0.525. The SMILES string of the molecule is CN=C(NCC1CN(C)CCO1)NCC(C)(C)OC.I. The van der Waals surface area contributed by atoms with Crippen molar-refractivity contribution < 1.29 is 9.47 Å². The van der Waals surface area contributed by atoms with Crippen molar-refractivity contribution in [1.29, 1.82) is 0 Å². The minimum absolute atomic E-state index is 0. The maximum absolute atomic E-state index is 5.70. The van der Waals surface area contributed by atoms with Gasteiger partial charge in [0, 0.05) is 40.3 Å². The van der Waals surface area contributed by atoms with E-state index in [0.717, 1.165) is 32.2 Å². The largest absolute Gasteiger partial charge is 0.377 e. The summed E-state index contributed by atoms with van der Waals surface area (Å²) in [5.74, 6) is 0.780. The standard InChI is InChI=1S/C13H28N4O2.HI/c1-13(2,18-5)10-16-12(14-3)15-8-11-9-17(4)6-7-19-11;/h11H,6-10H2,1-5H3,(H2,14,15,16);1H. The molecule has 7 heteroatoms. The van der Waals surface area contributed by atoms with Crippen LogP contribution in [0.15, 0.2) is 4.99 Å². The third kappa shape index (κ3) is 7.61. The highest BCUT2D eigenvalue weighted by Crippen LogP contribution is 2.04. The Hall–Kier alpha value is -0.120. The summed E-state index contributed by atoms with van der Waals surface area (Å²) in [7, 11) is 5.59. The molecular weight excluding hydrogens is 371 g/mol. The number of halogens is 1. The van der Waals surface area contributed by atoms with Gasteiger partial charge >= 0.3 is 0 Å². The Balaban J connectivity index is 0.00000361. The molecule has 1 fully saturated rings. The summed E-state index contributed by atoms with van der Waals surface area (Å²) in [5, 5.41) is 6.54. The normalized spacial score (nSPS) is 21.2. The van der Waals surface area contributed by atoms with Crippen molar-refractivity contribution >= 4 is 29.9 Å². The van der Waals surface area contributed by atoms with E-state index in [0.29, 0.717) is 6.54 Å². The molecule has 1 unspecified atom stereocenters. The minimum Gasteiger partial charge on any atom is -0.377 e. The molecule has 1 aliphatic rings. The van der Waals surface area contributed by atoms with E-state index >= 15 is 0 Å². The first-order valence-electron chi connectivity index (χ1n) is 6.76. The third-order valence-electron chi connectivity index (χ3n) is 3.30. The first kappa shape index (κ1) is 19.9. The van der Waals surface area contributed by atoms with E-state index in [-0.39, 0.29) is 35.7 Å². The van der Waals surface area contributed by atoms with Gasteiger partial charge < -0.3 is 25.0 Å². The molecule has 2 N–H and O–H groups in total. The summed E-state index contributed by atoms with van der Waals surface area (Å²) >= 11 is 0. The molecule has 1 rings (SSSR count). The molecule has 1 heterocycles. The van der Waals surface area contributed by atoms with Gasteiger partial charge in [-0.15, -0.1) is 24.0 Å². The number of rotatable bonds is 5. The second kappa shape index (κ2) is 9.75. The van der Waals surface area contributed by atoms with Crippen LogP contribution in [0.5, 0.6) is 0 Å². The number of aliphatic imine (C=N–C) groups is 1. The van der Waals surface area contributed by atoms with Crippen LogP contribution in [0.1, 0.15) is 13.8 Å². The van der Waals surface area contributed by atoms with E-state index in [2.05, 4.69) is 27.6 Å². The van der Waals surface area contributed by atoms with Crippen molar-refractivity contribution in [2.24, 2.45) is 4.99 Å². The Bertz CT molecular complexity index is 300. The number of hydrogen-bond acceptors (Lipinski definition) is 4. The first-order chi connectivity index (χ1) is 8.96. The minimum atomic E-state index is -0.209. The van der Waals surface area contributed by atoms with Gasteiger partial charge in [0.15, 0.2) is 5.96 Å². The quantitative estimate of drug-likeness (QED) is 0.401. The zero-order chi connectivity index (χ0) is 14.3. The van der Waals surface area contributed by atoms with Gasteiger partial charge in [-0.1, -0.05) is 0 Å². The van der Waals surface area contributed by atoms with E-state index in [1.54, 1.807) is 14.2 Å². The Labute approximate surface area is 139 Å². The number of hydrogen-bond donors (Lipinski definition) is 2. The molecule has 6 nitrogen and oxygen atoms in total. The number of nitrogens with zero attached hydrogens (tertiary/aromatic N) is 2. The van der Waals surface area contributed by atoms with Gasteiger partial charge in [0.05, 0.1) is 18.3 Å². The van der Waals surface area contributed by atoms with Crippen molar-refractivity contribution in [2.75, 3.05) is 54.0 Å². The number of methoxy groups -OCH3 is 1. The topological polar surface area (TPSA) is 58.1 Å². The van der Waals surface area contributed by atoms with Crippen LogP contribution < -0.4 is 10.6 Å². The van der Waals surface area contributed by atoms with Crippen molar-refractivity contribution in [3.63, 3.8) is 0 Å². The van der Waals surface area contributed by atoms with E-state index in [1.807, 2.05) is 13.8 Å². The maximum Gasteiger partial charge on any atom is 0.191 e. The highest BCUT2D eigenvalue weighted by molar-refractivity contribution is 14.0. The molecule has 0 spiro atoms. The summed E-state index contributed by atoms with van der Waals surface area (Å²) in [4.78, 5) is 6.48. The number of nitrogens with one attached hydrogen (secondary N) is 2. The summed E-state index contributed by atoms with van der Waals surface area (Å²) in [6.07, 6.45) is 0.215. The zero-order valence-corrected chi connectivity index (χ0v) is 15.6. The molecule has 120 valence electrons. The van der Waals surface area contributed by atoms with Crippen LogP contribution in [0.3, 0.4) is 0 Å². The molecule has 0 aromatic carbocycles. The summed E-state index contributed by atoms with van der Waals surface area (Å²) < 4.78 is 11.1. The third-order valence-corrected chi connectivity index (χ3v) is 3.30. The van der Waals surface area contributed by atoms with Crippen LogP contribution in [-0.2, 0) is 9.47 Å². The molecule has 0 aliphatic carbocycles. The lowest BCUT2D eigenvalue weighted by Crippen LogP contribution is -2.50. The average molecular weight is 400 g/mol. The van der Waals surface area contributed by atoms with Crippen LogP contribution in [0.25, 0.3) is 0 Å². The van der Waals surface area contributed by atoms with Crippen molar-refractivity contribution in [3.8, 4) is 0 Å². The number of guanidine groups is 1. The molecular formula is C13H29IN4O2. The van der Waals surface area contributed by atoms with E-state index in [4.69, 9.17) is 9.47 Å². The number of morpholine rings is 1. The summed E-state index contributed by atoms with van der Waals surface area (Å²) in [6, 6.07) is 0. The zero-order valence-electron chi connectivity index (χ0n) is 13.2. The fourth-order valence-corrected chi connectivity index (χ4v) is 1.79. The first-order valence-corrected chi connectivity index (χ1v) is 6.76. The molecule has 0 aromatic heterocycles. The molecule has 0 aromatic rings.